The average Bonchev–Trinajstić information content (AvgIpc) is 2.52. The van der Waals surface area contributed by atoms with Crippen LogP contribution in [-0.4, -0.2) is 23.4 Å². The molecule has 4 N–H and O–H groups in total. The minimum Gasteiger partial charge on any atom is -0.383 e. The van der Waals surface area contributed by atoms with Crippen LogP contribution >= 0.6 is 11.6 Å². The van der Waals surface area contributed by atoms with Crippen molar-refractivity contribution in [2.45, 2.75) is 30.1 Å². The lowest BCUT2D eigenvalue weighted by Gasteiger charge is -2.16. The van der Waals surface area contributed by atoms with Crippen LogP contribution < -0.4 is 15.2 Å². The molecule has 0 amide bonds. The van der Waals surface area contributed by atoms with E-state index >= 15 is 0 Å². The second-order valence-corrected chi connectivity index (χ2v) is 9.34. The number of benzene rings is 2. The van der Waals surface area contributed by atoms with Crippen molar-refractivity contribution in [1.29, 1.82) is 0 Å². The number of nitrogens with two attached hydrogens (primary N) is 1. The molecule has 0 aliphatic heterocycles. The second kappa shape index (κ2) is 7.83. The van der Waals surface area contributed by atoms with Gasteiger partial charge in [-0.15, -0.1) is 0 Å². The summed E-state index contributed by atoms with van der Waals surface area (Å²) in [5.74, 6) is 0. The fourth-order valence-electron chi connectivity index (χ4n) is 2.22. The quantitative estimate of drug-likeness (QED) is 0.640. The largest absolute Gasteiger partial charge is 0.383 e. The third-order valence-electron chi connectivity index (χ3n) is 3.51. The highest BCUT2D eigenvalue weighted by Gasteiger charge is 2.21. The van der Waals surface area contributed by atoms with Gasteiger partial charge in [0.05, 0.1) is 21.3 Å². The summed E-state index contributed by atoms with van der Waals surface area (Å²) in [7, 11) is -8.01. The first-order valence-electron chi connectivity index (χ1n) is 7.74. The summed E-state index contributed by atoms with van der Waals surface area (Å²) >= 11 is 6.06. The lowest BCUT2D eigenvalue weighted by atomic mass is 10.2. The van der Waals surface area contributed by atoms with Gasteiger partial charge >= 0.3 is 0 Å². The van der Waals surface area contributed by atoms with Gasteiger partial charge in [-0.1, -0.05) is 24.6 Å². The van der Waals surface area contributed by atoms with Crippen LogP contribution in [0.3, 0.4) is 0 Å². The van der Waals surface area contributed by atoms with Gasteiger partial charge in [-0.3, -0.25) is 4.72 Å². The third kappa shape index (κ3) is 4.88. The zero-order valence-electron chi connectivity index (χ0n) is 14.3. The molecule has 0 aliphatic rings. The van der Waals surface area contributed by atoms with E-state index in [1.54, 1.807) is 13.0 Å². The molecule has 0 radical (unpaired) electrons. The molecule has 2 rings (SSSR count). The summed E-state index contributed by atoms with van der Waals surface area (Å²) in [6.45, 7) is 4.31. The second-order valence-electron chi connectivity index (χ2n) is 5.72. The van der Waals surface area contributed by atoms with E-state index < -0.39 is 20.0 Å². The SMILES string of the molecule is CCCNc1ccc(S(N)(=O)=O)cc1NS(=O)(=O)c1ccc(C)cc1Cl. The van der Waals surface area contributed by atoms with E-state index in [4.69, 9.17) is 16.7 Å². The van der Waals surface area contributed by atoms with Crippen LogP contribution in [0.1, 0.15) is 18.9 Å². The number of aryl methyl sites for hydroxylation is 1. The number of nitrogens with one attached hydrogen (secondary N) is 2. The average molecular weight is 418 g/mol. The summed E-state index contributed by atoms with van der Waals surface area (Å²) in [6.07, 6.45) is 0.799. The maximum Gasteiger partial charge on any atom is 0.263 e. The van der Waals surface area contributed by atoms with Crippen LogP contribution in [0.15, 0.2) is 46.2 Å². The number of primary sulfonamides is 1. The topological polar surface area (TPSA) is 118 Å². The number of halogens is 1. The Balaban J connectivity index is 2.51. The lowest BCUT2D eigenvalue weighted by Crippen LogP contribution is -2.17. The van der Waals surface area contributed by atoms with E-state index in [1.807, 2.05) is 6.92 Å². The standard InChI is InChI=1S/C16H20ClN3O4S2/c1-3-8-19-14-6-5-12(25(18,21)22)10-15(14)20-26(23,24)16-7-4-11(2)9-13(16)17/h4-7,9-10,19-20H,3,8H2,1-2H3,(H2,18,21,22). The number of rotatable bonds is 7. The molecule has 0 atom stereocenters. The molecule has 2 aromatic rings. The Morgan fingerprint density at radius 1 is 1.04 bits per heavy atom. The molecule has 0 aromatic heterocycles. The van der Waals surface area contributed by atoms with Gasteiger partial charge < -0.3 is 5.32 Å². The fourth-order valence-corrected chi connectivity index (χ4v) is 4.43. The van der Waals surface area contributed by atoms with E-state index in [9.17, 15) is 16.8 Å². The molecule has 10 heteroatoms. The van der Waals surface area contributed by atoms with Crippen molar-refractivity contribution in [2.75, 3.05) is 16.6 Å². The van der Waals surface area contributed by atoms with E-state index in [-0.39, 0.29) is 20.5 Å². The van der Waals surface area contributed by atoms with Crippen LogP contribution in [-0.2, 0) is 20.0 Å². The van der Waals surface area contributed by atoms with Gasteiger partial charge in [-0.2, -0.15) is 0 Å². The molecular weight excluding hydrogens is 398 g/mol. The van der Waals surface area contributed by atoms with Crippen LogP contribution in [0.25, 0.3) is 0 Å². The molecule has 2 aromatic carbocycles. The van der Waals surface area contributed by atoms with Crippen molar-refractivity contribution in [3.05, 3.63) is 47.0 Å². The monoisotopic (exact) mass is 417 g/mol. The van der Waals surface area contributed by atoms with Crippen LogP contribution in [0, 0.1) is 6.92 Å². The highest BCUT2D eigenvalue weighted by atomic mass is 35.5. The molecule has 142 valence electrons. The zero-order valence-corrected chi connectivity index (χ0v) is 16.7. The van der Waals surface area contributed by atoms with Crippen LogP contribution in [0.2, 0.25) is 5.02 Å². The minimum absolute atomic E-state index is 0.0709. The Kier molecular flexibility index (Phi) is 6.17. The van der Waals surface area contributed by atoms with Gasteiger partial charge in [0.15, 0.2) is 0 Å². The molecule has 0 aliphatic carbocycles. The van der Waals surface area contributed by atoms with Gasteiger partial charge in [0, 0.05) is 6.54 Å². The molecule has 0 spiro atoms. The molecule has 0 fully saturated rings. The Bertz CT molecular complexity index is 1020. The molecular formula is C16H20ClN3O4S2. The van der Waals surface area contributed by atoms with Crippen LogP contribution in [0.5, 0.6) is 0 Å². The lowest BCUT2D eigenvalue weighted by molar-refractivity contribution is 0.596. The van der Waals surface area contributed by atoms with Crippen LogP contribution in [0.4, 0.5) is 11.4 Å². The molecule has 7 nitrogen and oxygen atoms in total. The van der Waals surface area contributed by atoms with Crippen molar-refractivity contribution in [1.82, 2.24) is 0 Å². The van der Waals surface area contributed by atoms with Gasteiger partial charge in [0.1, 0.15) is 4.90 Å². The Morgan fingerprint density at radius 2 is 1.73 bits per heavy atom. The summed E-state index contributed by atoms with van der Waals surface area (Å²) in [6, 6.07) is 8.49. The Hall–Kier alpha value is -1.81. The van der Waals surface area contributed by atoms with Gasteiger partial charge in [-0.25, -0.2) is 22.0 Å². The predicted octanol–water partition coefficient (Wildman–Crippen LogP) is 2.92. The highest BCUT2D eigenvalue weighted by Crippen LogP contribution is 2.30. The summed E-state index contributed by atoms with van der Waals surface area (Å²) in [5.41, 5.74) is 1.32. The van der Waals surface area contributed by atoms with E-state index in [0.29, 0.717) is 12.2 Å². The van der Waals surface area contributed by atoms with Gasteiger partial charge in [0.2, 0.25) is 10.0 Å². The van der Waals surface area contributed by atoms with E-state index in [2.05, 4.69) is 10.0 Å². The molecule has 26 heavy (non-hydrogen) atoms. The number of hydrogen-bond donors (Lipinski definition) is 3. The first kappa shape index (κ1) is 20.5. The maximum absolute atomic E-state index is 12.7. The van der Waals surface area contributed by atoms with Gasteiger partial charge in [-0.05, 0) is 49.2 Å². The smallest absolute Gasteiger partial charge is 0.263 e. The first-order chi connectivity index (χ1) is 12.0. The van der Waals surface area contributed by atoms with Crippen molar-refractivity contribution >= 4 is 43.0 Å². The Labute approximate surface area is 158 Å². The molecule has 0 saturated heterocycles. The van der Waals surface area contributed by atoms with Crippen molar-refractivity contribution in [3.8, 4) is 0 Å². The molecule has 0 heterocycles. The summed E-state index contributed by atoms with van der Waals surface area (Å²) in [5, 5.41) is 8.26. The predicted molar refractivity (Wildman–Crippen MR) is 104 cm³/mol. The number of sulfonamides is 2. The third-order valence-corrected chi connectivity index (χ3v) is 6.27. The maximum atomic E-state index is 12.7. The number of anilines is 2. The molecule has 0 saturated carbocycles. The molecule has 0 bridgehead atoms. The van der Waals surface area contributed by atoms with Gasteiger partial charge in [0.25, 0.3) is 10.0 Å². The highest BCUT2D eigenvalue weighted by molar-refractivity contribution is 7.93. The van der Waals surface area contributed by atoms with Crippen molar-refractivity contribution < 1.29 is 16.8 Å². The fraction of sp³-hybridized carbons (Fsp3) is 0.250. The molecule has 0 unspecified atom stereocenters. The van der Waals surface area contributed by atoms with Crippen molar-refractivity contribution in [2.24, 2.45) is 5.14 Å². The minimum atomic E-state index is -4.03. The first-order valence-corrected chi connectivity index (χ1v) is 11.1. The number of hydrogen-bond acceptors (Lipinski definition) is 5. The normalized spacial score (nSPS) is 12.0. The zero-order chi connectivity index (χ0) is 19.5. The summed E-state index contributed by atoms with van der Waals surface area (Å²) < 4.78 is 51.0. The van der Waals surface area contributed by atoms with E-state index in [0.717, 1.165) is 12.0 Å². The van der Waals surface area contributed by atoms with E-state index in [1.165, 1.54) is 30.3 Å². The summed E-state index contributed by atoms with van der Waals surface area (Å²) in [4.78, 5) is -0.306. The Morgan fingerprint density at radius 3 is 2.31 bits per heavy atom. The van der Waals surface area contributed by atoms with Crippen molar-refractivity contribution in [3.63, 3.8) is 0 Å².